The first-order valence-electron chi connectivity index (χ1n) is 7.24. The molecule has 112 valence electrons. The molecular formula is C18H17ClN2O. The minimum absolute atomic E-state index is 0.166. The number of nitrogens with one attached hydrogen (secondary N) is 2. The van der Waals surface area contributed by atoms with Gasteiger partial charge in [-0.3, -0.25) is 4.79 Å². The first-order valence-corrected chi connectivity index (χ1v) is 7.61. The Bertz CT molecular complexity index is 836. The van der Waals surface area contributed by atoms with E-state index in [0.717, 1.165) is 22.2 Å². The minimum Gasteiger partial charge on any atom is -0.349 e. The van der Waals surface area contributed by atoms with Crippen LogP contribution in [0.4, 0.5) is 5.69 Å². The molecule has 0 aliphatic rings. The zero-order valence-corrected chi connectivity index (χ0v) is 13.2. The molecule has 3 aromatic rings. The van der Waals surface area contributed by atoms with Crippen LogP contribution in [0.15, 0.2) is 48.5 Å². The fourth-order valence-electron chi connectivity index (χ4n) is 2.55. The average molecular weight is 313 g/mol. The van der Waals surface area contributed by atoms with E-state index in [2.05, 4.69) is 24.1 Å². The number of aromatic amines is 1. The molecule has 2 aromatic carbocycles. The highest BCUT2D eigenvalue weighted by atomic mass is 35.5. The Morgan fingerprint density at radius 2 is 1.91 bits per heavy atom. The van der Waals surface area contributed by atoms with Gasteiger partial charge >= 0.3 is 0 Å². The van der Waals surface area contributed by atoms with Crippen LogP contribution in [0, 0.1) is 0 Å². The lowest BCUT2D eigenvalue weighted by atomic mass is 10.0. The van der Waals surface area contributed by atoms with E-state index in [1.54, 1.807) is 6.07 Å². The lowest BCUT2D eigenvalue weighted by Crippen LogP contribution is -2.14. The monoisotopic (exact) mass is 312 g/mol. The highest BCUT2D eigenvalue weighted by Gasteiger charge is 2.13. The first kappa shape index (κ1) is 14.7. The van der Waals surface area contributed by atoms with Crippen molar-refractivity contribution in [1.82, 2.24) is 4.98 Å². The summed E-state index contributed by atoms with van der Waals surface area (Å²) in [4.78, 5) is 15.6. The fraction of sp³-hybridized carbons (Fsp3) is 0.167. The maximum Gasteiger partial charge on any atom is 0.272 e. The Hall–Kier alpha value is -2.26. The van der Waals surface area contributed by atoms with Crippen molar-refractivity contribution in [3.63, 3.8) is 0 Å². The van der Waals surface area contributed by atoms with Crippen molar-refractivity contribution in [2.24, 2.45) is 0 Å². The number of hydrogen-bond donors (Lipinski definition) is 2. The first-order chi connectivity index (χ1) is 10.6. The van der Waals surface area contributed by atoms with E-state index < -0.39 is 0 Å². The molecule has 1 aromatic heterocycles. The molecule has 1 heterocycles. The van der Waals surface area contributed by atoms with Gasteiger partial charge < -0.3 is 10.3 Å². The van der Waals surface area contributed by atoms with Crippen molar-refractivity contribution >= 4 is 34.1 Å². The van der Waals surface area contributed by atoms with Gasteiger partial charge in [-0.2, -0.15) is 0 Å². The quantitative estimate of drug-likeness (QED) is 0.686. The standard InChI is InChI=1S/C18H17ClN2O/c1-11(2)13-7-3-4-9-15(13)21-18(22)16-10-12-6-5-8-14(19)17(12)20-16/h3-11,20H,1-2H3,(H,21,22). The Balaban J connectivity index is 1.92. The normalized spacial score (nSPS) is 11.1. The van der Waals surface area contributed by atoms with E-state index >= 15 is 0 Å². The van der Waals surface area contributed by atoms with E-state index in [1.165, 1.54) is 0 Å². The molecule has 1 amide bonds. The topological polar surface area (TPSA) is 44.9 Å². The highest BCUT2D eigenvalue weighted by molar-refractivity contribution is 6.35. The van der Waals surface area contributed by atoms with Crippen molar-refractivity contribution in [3.8, 4) is 0 Å². The third-order valence-corrected chi connectivity index (χ3v) is 4.00. The fourth-order valence-corrected chi connectivity index (χ4v) is 2.77. The Labute approximate surface area is 134 Å². The number of H-pyrrole nitrogens is 1. The van der Waals surface area contributed by atoms with Gasteiger partial charge in [-0.25, -0.2) is 0 Å². The molecule has 0 spiro atoms. The summed E-state index contributed by atoms with van der Waals surface area (Å²) in [5.74, 6) is 0.175. The van der Waals surface area contributed by atoms with Crippen LogP contribution in [0.5, 0.6) is 0 Å². The van der Waals surface area contributed by atoms with Crippen molar-refractivity contribution < 1.29 is 4.79 Å². The minimum atomic E-state index is -0.166. The molecule has 0 saturated heterocycles. The summed E-state index contributed by atoms with van der Waals surface area (Å²) in [7, 11) is 0. The number of carbonyl (C=O) groups is 1. The van der Waals surface area contributed by atoms with Crippen molar-refractivity contribution in [2.75, 3.05) is 5.32 Å². The molecule has 2 N–H and O–H groups in total. The third-order valence-electron chi connectivity index (χ3n) is 3.68. The molecule has 22 heavy (non-hydrogen) atoms. The van der Waals surface area contributed by atoms with Crippen LogP contribution in [0.3, 0.4) is 0 Å². The van der Waals surface area contributed by atoms with Gasteiger partial charge in [-0.15, -0.1) is 0 Å². The summed E-state index contributed by atoms with van der Waals surface area (Å²) in [5.41, 5.74) is 3.24. The number of anilines is 1. The smallest absolute Gasteiger partial charge is 0.272 e. The molecule has 0 saturated carbocycles. The Morgan fingerprint density at radius 3 is 2.64 bits per heavy atom. The van der Waals surface area contributed by atoms with E-state index in [9.17, 15) is 4.79 Å². The molecule has 0 unspecified atom stereocenters. The van der Waals surface area contributed by atoms with Crippen LogP contribution >= 0.6 is 11.6 Å². The summed E-state index contributed by atoms with van der Waals surface area (Å²) in [5, 5.41) is 4.51. The molecule has 0 bridgehead atoms. The van der Waals surface area contributed by atoms with Crippen molar-refractivity contribution in [3.05, 3.63) is 64.8 Å². The van der Waals surface area contributed by atoms with Gasteiger partial charge in [0.2, 0.25) is 0 Å². The van der Waals surface area contributed by atoms with E-state index in [4.69, 9.17) is 11.6 Å². The number of halogens is 1. The van der Waals surface area contributed by atoms with Crippen LogP contribution < -0.4 is 5.32 Å². The van der Waals surface area contributed by atoms with Gasteiger partial charge in [0.25, 0.3) is 5.91 Å². The predicted molar refractivity (Wildman–Crippen MR) is 91.8 cm³/mol. The molecule has 0 radical (unpaired) electrons. The second kappa shape index (κ2) is 5.85. The summed E-state index contributed by atoms with van der Waals surface area (Å²) in [6.45, 7) is 4.21. The number of carbonyl (C=O) groups excluding carboxylic acids is 1. The molecule has 0 aliphatic heterocycles. The third kappa shape index (κ3) is 2.72. The Kier molecular flexibility index (Phi) is 3.90. The van der Waals surface area contributed by atoms with Crippen LogP contribution in [0.2, 0.25) is 5.02 Å². The summed E-state index contributed by atoms with van der Waals surface area (Å²) >= 11 is 6.14. The van der Waals surface area contributed by atoms with Crippen LogP contribution in [-0.4, -0.2) is 10.9 Å². The molecule has 3 nitrogen and oxygen atoms in total. The molecule has 4 heteroatoms. The van der Waals surface area contributed by atoms with Gasteiger partial charge in [0.15, 0.2) is 0 Å². The van der Waals surface area contributed by atoms with Gasteiger partial charge in [-0.1, -0.05) is 55.8 Å². The molecular weight excluding hydrogens is 296 g/mol. The zero-order chi connectivity index (χ0) is 15.7. The molecule has 3 rings (SSSR count). The van der Waals surface area contributed by atoms with Crippen molar-refractivity contribution in [1.29, 1.82) is 0 Å². The zero-order valence-electron chi connectivity index (χ0n) is 12.5. The van der Waals surface area contributed by atoms with Gasteiger partial charge in [-0.05, 0) is 29.7 Å². The van der Waals surface area contributed by atoms with Crippen LogP contribution in [-0.2, 0) is 0 Å². The second-order valence-corrected chi connectivity index (χ2v) is 5.99. The number of hydrogen-bond acceptors (Lipinski definition) is 1. The van der Waals surface area contributed by atoms with E-state index in [0.29, 0.717) is 16.6 Å². The number of amides is 1. The van der Waals surface area contributed by atoms with E-state index in [-0.39, 0.29) is 5.91 Å². The number of fused-ring (bicyclic) bond motifs is 1. The largest absolute Gasteiger partial charge is 0.349 e. The second-order valence-electron chi connectivity index (χ2n) is 5.58. The van der Waals surface area contributed by atoms with Gasteiger partial charge in [0, 0.05) is 11.1 Å². The number of para-hydroxylation sites is 2. The lowest BCUT2D eigenvalue weighted by Gasteiger charge is -2.13. The average Bonchev–Trinajstić information content (AvgIpc) is 2.93. The number of rotatable bonds is 3. The number of benzene rings is 2. The van der Waals surface area contributed by atoms with Crippen LogP contribution in [0.1, 0.15) is 35.8 Å². The Morgan fingerprint density at radius 1 is 1.14 bits per heavy atom. The van der Waals surface area contributed by atoms with Gasteiger partial charge in [0.1, 0.15) is 5.69 Å². The SMILES string of the molecule is CC(C)c1ccccc1NC(=O)c1cc2cccc(Cl)c2[nH]1. The summed E-state index contributed by atoms with van der Waals surface area (Å²) in [6, 6.07) is 15.3. The summed E-state index contributed by atoms with van der Waals surface area (Å²) in [6.07, 6.45) is 0. The van der Waals surface area contributed by atoms with Crippen molar-refractivity contribution in [2.45, 2.75) is 19.8 Å². The highest BCUT2D eigenvalue weighted by Crippen LogP contribution is 2.26. The van der Waals surface area contributed by atoms with Crippen LogP contribution in [0.25, 0.3) is 10.9 Å². The molecule has 0 aliphatic carbocycles. The predicted octanol–water partition coefficient (Wildman–Crippen LogP) is 5.20. The maximum atomic E-state index is 12.5. The molecule has 0 fully saturated rings. The maximum absolute atomic E-state index is 12.5. The van der Waals surface area contributed by atoms with E-state index in [1.807, 2.05) is 42.5 Å². The molecule has 0 atom stereocenters. The van der Waals surface area contributed by atoms with Gasteiger partial charge in [0.05, 0.1) is 10.5 Å². The lowest BCUT2D eigenvalue weighted by molar-refractivity contribution is 0.102. The summed E-state index contributed by atoms with van der Waals surface area (Å²) < 4.78 is 0. The number of aromatic nitrogens is 1.